The van der Waals surface area contributed by atoms with Gasteiger partial charge in [0.25, 0.3) is 5.91 Å². The van der Waals surface area contributed by atoms with Crippen LogP contribution in [0, 0.1) is 17.5 Å². The zero-order valence-electron chi connectivity index (χ0n) is 11.4. The lowest BCUT2D eigenvalue weighted by molar-refractivity contribution is -0.113. The molecule has 0 saturated carbocycles. The molecule has 0 unspecified atom stereocenters. The van der Waals surface area contributed by atoms with E-state index in [4.69, 9.17) is 12.2 Å². The topological polar surface area (TPSA) is 20.3 Å². The summed E-state index contributed by atoms with van der Waals surface area (Å²) in [6.45, 7) is 0. The van der Waals surface area contributed by atoms with E-state index in [9.17, 15) is 18.0 Å². The third-order valence-corrected chi connectivity index (χ3v) is 4.43. The summed E-state index contributed by atoms with van der Waals surface area (Å²) in [6, 6.07) is 8.40. The molecule has 0 radical (unpaired) electrons. The number of thioether (sulfide) groups is 1. The average Bonchev–Trinajstić information content (AvgIpc) is 2.78. The second-order valence-corrected chi connectivity index (χ2v) is 6.34. The average molecular weight is 351 g/mol. The van der Waals surface area contributed by atoms with E-state index in [1.165, 1.54) is 41.3 Å². The fourth-order valence-electron chi connectivity index (χ4n) is 2.04. The Bertz CT molecular complexity index is 834. The molecule has 1 fully saturated rings. The zero-order valence-corrected chi connectivity index (χ0v) is 13.1. The quantitative estimate of drug-likeness (QED) is 0.587. The van der Waals surface area contributed by atoms with Gasteiger partial charge in [0.1, 0.15) is 17.5 Å². The normalized spacial score (nSPS) is 16.5. The first-order valence-electron chi connectivity index (χ1n) is 6.44. The number of carbonyl (C=O) groups is 1. The summed E-state index contributed by atoms with van der Waals surface area (Å²) in [6.07, 6.45) is 1.32. The Balaban J connectivity index is 1.94. The van der Waals surface area contributed by atoms with Crippen molar-refractivity contribution < 1.29 is 18.0 Å². The van der Waals surface area contributed by atoms with Crippen LogP contribution in [-0.4, -0.2) is 10.2 Å². The summed E-state index contributed by atoms with van der Waals surface area (Å²) in [5.41, 5.74) is 0.517. The van der Waals surface area contributed by atoms with Crippen LogP contribution in [-0.2, 0) is 4.79 Å². The van der Waals surface area contributed by atoms with E-state index in [0.717, 1.165) is 23.9 Å². The first-order valence-corrected chi connectivity index (χ1v) is 7.67. The predicted molar refractivity (Wildman–Crippen MR) is 88.4 cm³/mol. The number of anilines is 1. The van der Waals surface area contributed by atoms with Crippen molar-refractivity contribution in [3.63, 3.8) is 0 Å². The SMILES string of the molecule is O=C1/C(=C\c2ccc(F)cc2F)SC(=S)N1c1ccc(F)cc1. The van der Waals surface area contributed by atoms with E-state index in [1.807, 2.05) is 0 Å². The van der Waals surface area contributed by atoms with E-state index in [0.29, 0.717) is 5.69 Å². The Morgan fingerprint density at radius 2 is 1.65 bits per heavy atom. The lowest BCUT2D eigenvalue weighted by Gasteiger charge is -2.14. The molecule has 0 aliphatic carbocycles. The molecule has 1 saturated heterocycles. The Kier molecular flexibility index (Phi) is 4.23. The predicted octanol–water partition coefficient (Wildman–Crippen LogP) is 4.51. The smallest absolute Gasteiger partial charge is 0.268 e. The van der Waals surface area contributed by atoms with Crippen LogP contribution in [0.2, 0.25) is 0 Å². The van der Waals surface area contributed by atoms with E-state index in [1.54, 1.807) is 0 Å². The lowest BCUT2D eigenvalue weighted by Crippen LogP contribution is -2.27. The first-order chi connectivity index (χ1) is 11.0. The van der Waals surface area contributed by atoms with Crippen molar-refractivity contribution >= 4 is 46.0 Å². The molecule has 23 heavy (non-hydrogen) atoms. The Morgan fingerprint density at radius 1 is 1.00 bits per heavy atom. The van der Waals surface area contributed by atoms with E-state index in [-0.39, 0.29) is 14.8 Å². The van der Waals surface area contributed by atoms with Gasteiger partial charge in [0.2, 0.25) is 0 Å². The van der Waals surface area contributed by atoms with Gasteiger partial charge in [0, 0.05) is 11.6 Å². The standard InChI is InChI=1S/C16H8F3NOS2/c17-10-3-5-12(6-4-10)20-15(21)14(23-16(20)22)7-9-1-2-11(18)8-13(9)19/h1-8H/b14-7+. The van der Waals surface area contributed by atoms with Gasteiger partial charge in [-0.1, -0.05) is 24.0 Å². The fraction of sp³-hybridized carbons (Fsp3) is 0. The molecule has 3 rings (SSSR count). The van der Waals surface area contributed by atoms with Crippen molar-refractivity contribution in [2.75, 3.05) is 4.90 Å². The number of rotatable bonds is 2. The van der Waals surface area contributed by atoms with Gasteiger partial charge in [0.05, 0.1) is 10.6 Å². The number of hydrogen-bond donors (Lipinski definition) is 0. The molecule has 0 atom stereocenters. The molecule has 0 N–H and O–H groups in total. The van der Waals surface area contributed by atoms with Crippen LogP contribution in [0.5, 0.6) is 0 Å². The van der Waals surface area contributed by atoms with Crippen molar-refractivity contribution in [2.24, 2.45) is 0 Å². The molecule has 1 amide bonds. The Morgan fingerprint density at radius 3 is 2.30 bits per heavy atom. The molecule has 0 bridgehead atoms. The number of benzene rings is 2. The second-order valence-electron chi connectivity index (χ2n) is 4.66. The summed E-state index contributed by atoms with van der Waals surface area (Å²) >= 11 is 6.16. The molecule has 2 aromatic carbocycles. The zero-order chi connectivity index (χ0) is 16.6. The molecule has 1 aliphatic heterocycles. The number of nitrogens with zero attached hydrogens (tertiary/aromatic N) is 1. The molecular formula is C16H8F3NOS2. The van der Waals surface area contributed by atoms with Crippen molar-refractivity contribution in [1.29, 1.82) is 0 Å². The molecule has 116 valence electrons. The fourth-order valence-corrected chi connectivity index (χ4v) is 3.33. The highest BCUT2D eigenvalue weighted by Gasteiger charge is 2.33. The Hall–Kier alpha value is -2.12. The molecule has 0 aromatic heterocycles. The maximum Gasteiger partial charge on any atom is 0.270 e. The van der Waals surface area contributed by atoms with Gasteiger partial charge >= 0.3 is 0 Å². The highest BCUT2D eigenvalue weighted by atomic mass is 32.2. The third kappa shape index (κ3) is 3.16. The number of amides is 1. The van der Waals surface area contributed by atoms with Crippen LogP contribution in [0.1, 0.15) is 5.56 Å². The minimum atomic E-state index is -0.767. The molecule has 1 aliphatic rings. The summed E-state index contributed by atoms with van der Waals surface area (Å²) in [5, 5.41) is 0. The summed E-state index contributed by atoms with van der Waals surface area (Å²) in [4.78, 5) is 13.9. The highest BCUT2D eigenvalue weighted by molar-refractivity contribution is 8.27. The van der Waals surface area contributed by atoms with Crippen LogP contribution in [0.4, 0.5) is 18.9 Å². The van der Waals surface area contributed by atoms with Crippen LogP contribution >= 0.6 is 24.0 Å². The van der Waals surface area contributed by atoms with Crippen LogP contribution < -0.4 is 4.90 Å². The van der Waals surface area contributed by atoms with Crippen molar-refractivity contribution in [2.45, 2.75) is 0 Å². The minimum absolute atomic E-state index is 0.0889. The van der Waals surface area contributed by atoms with E-state index >= 15 is 0 Å². The maximum atomic E-state index is 13.7. The molecule has 1 heterocycles. The van der Waals surface area contributed by atoms with Crippen molar-refractivity contribution in [1.82, 2.24) is 0 Å². The number of thiocarbonyl (C=S) groups is 1. The van der Waals surface area contributed by atoms with Gasteiger partial charge in [-0.15, -0.1) is 0 Å². The van der Waals surface area contributed by atoms with Gasteiger partial charge in [-0.2, -0.15) is 0 Å². The van der Waals surface area contributed by atoms with E-state index < -0.39 is 23.4 Å². The van der Waals surface area contributed by atoms with Crippen LogP contribution in [0.3, 0.4) is 0 Å². The van der Waals surface area contributed by atoms with Crippen LogP contribution in [0.25, 0.3) is 6.08 Å². The van der Waals surface area contributed by atoms with Gasteiger partial charge in [-0.3, -0.25) is 9.69 Å². The Labute approximate surface area is 139 Å². The third-order valence-electron chi connectivity index (χ3n) is 3.13. The maximum absolute atomic E-state index is 13.7. The van der Waals surface area contributed by atoms with Crippen LogP contribution in [0.15, 0.2) is 47.4 Å². The van der Waals surface area contributed by atoms with Gasteiger partial charge < -0.3 is 0 Å². The van der Waals surface area contributed by atoms with Gasteiger partial charge in [-0.25, -0.2) is 13.2 Å². The second kappa shape index (κ2) is 6.17. The summed E-state index contributed by atoms with van der Waals surface area (Å²) in [7, 11) is 0. The molecule has 0 spiro atoms. The van der Waals surface area contributed by atoms with Crippen molar-refractivity contribution in [3.05, 3.63) is 70.4 Å². The van der Waals surface area contributed by atoms with Gasteiger partial charge in [-0.05, 0) is 42.5 Å². The molecule has 2 nitrogen and oxygen atoms in total. The van der Waals surface area contributed by atoms with Gasteiger partial charge in [0.15, 0.2) is 4.32 Å². The largest absolute Gasteiger partial charge is 0.270 e. The summed E-state index contributed by atoms with van der Waals surface area (Å²) < 4.78 is 39.9. The molecule has 7 heteroatoms. The number of halogens is 3. The summed E-state index contributed by atoms with van der Waals surface area (Å²) in [5.74, 6) is -2.32. The number of carbonyl (C=O) groups excluding carboxylic acids is 1. The molecular weight excluding hydrogens is 343 g/mol. The lowest BCUT2D eigenvalue weighted by atomic mass is 10.2. The highest BCUT2D eigenvalue weighted by Crippen LogP contribution is 2.36. The van der Waals surface area contributed by atoms with E-state index in [2.05, 4.69) is 0 Å². The first kappa shape index (κ1) is 15.8. The minimum Gasteiger partial charge on any atom is -0.268 e. The van der Waals surface area contributed by atoms with Crippen molar-refractivity contribution in [3.8, 4) is 0 Å². The number of hydrogen-bond acceptors (Lipinski definition) is 3. The monoisotopic (exact) mass is 351 g/mol. The molecule has 2 aromatic rings.